The van der Waals surface area contributed by atoms with Crippen molar-refractivity contribution in [1.82, 2.24) is 0 Å². The fourth-order valence-corrected chi connectivity index (χ4v) is 0.654. The number of hydrogen-bond donors (Lipinski definition) is 5. The molecule has 1 rings (SSSR count). The minimum absolute atomic E-state index is 0.0671. The van der Waals surface area contributed by atoms with Crippen LogP contribution in [0.3, 0.4) is 0 Å². The summed E-state index contributed by atoms with van der Waals surface area (Å²) in [6.07, 6.45) is 0. The molecule has 8 heteroatoms. The summed E-state index contributed by atoms with van der Waals surface area (Å²) in [7, 11) is -4.64. The van der Waals surface area contributed by atoms with Gasteiger partial charge in [-0.25, -0.2) is 9.36 Å². The molecule has 0 saturated carbocycles. The Hall–Kier alpha value is -1.40. The largest absolute Gasteiger partial charge is 0.507 e. The van der Waals surface area contributed by atoms with Gasteiger partial charge in [-0.1, -0.05) is 12.1 Å². The Morgan fingerprint density at radius 2 is 1.53 bits per heavy atom. The normalized spacial score (nSPS) is 10.1. The molecule has 0 radical (unpaired) electrons. The first-order chi connectivity index (χ1) is 6.72. The van der Waals surface area contributed by atoms with E-state index < -0.39 is 13.8 Å². The third-order valence-electron chi connectivity index (χ3n) is 1.13. The molecule has 84 valence electrons. The summed E-state index contributed by atoms with van der Waals surface area (Å²) in [5.74, 6) is -1.31. The lowest BCUT2D eigenvalue weighted by Crippen LogP contribution is -1.95. The molecule has 0 atom stereocenters. The zero-order valence-electron chi connectivity index (χ0n) is 7.31. The molecule has 0 amide bonds. The van der Waals surface area contributed by atoms with Crippen molar-refractivity contribution < 1.29 is 34.3 Å². The van der Waals surface area contributed by atoms with Gasteiger partial charge in [-0.05, 0) is 12.1 Å². The van der Waals surface area contributed by atoms with Crippen molar-refractivity contribution in [2.45, 2.75) is 0 Å². The van der Waals surface area contributed by atoms with Crippen LogP contribution in [-0.4, -0.2) is 30.9 Å². The van der Waals surface area contributed by atoms with E-state index in [2.05, 4.69) is 0 Å². The van der Waals surface area contributed by atoms with E-state index >= 15 is 0 Å². The monoisotopic (exact) mass is 236 g/mol. The zero-order valence-corrected chi connectivity index (χ0v) is 8.20. The van der Waals surface area contributed by atoms with E-state index in [1.807, 2.05) is 0 Å². The maximum absolute atomic E-state index is 10.3. The average Bonchev–Trinajstić information content (AvgIpc) is 2.01. The molecule has 1 aromatic rings. The van der Waals surface area contributed by atoms with E-state index in [-0.39, 0.29) is 11.3 Å². The molecule has 0 aliphatic carbocycles. The molecule has 15 heavy (non-hydrogen) atoms. The van der Waals surface area contributed by atoms with Gasteiger partial charge in [0.05, 0.1) is 0 Å². The number of aromatic hydroxyl groups is 1. The standard InChI is InChI=1S/C7H6O3.H3O4P/c8-6-4-2-1-3-5(6)7(9)10;1-5(2,3)4/h1-4,8H,(H,9,10);(H3,1,2,3,4). The average molecular weight is 236 g/mol. The predicted octanol–water partition coefficient (Wildman–Crippen LogP) is 0.162. The van der Waals surface area contributed by atoms with E-state index in [1.54, 1.807) is 12.1 Å². The maximum Gasteiger partial charge on any atom is 0.466 e. The molecule has 1 aromatic carbocycles. The summed E-state index contributed by atoms with van der Waals surface area (Å²) in [6.45, 7) is 0. The van der Waals surface area contributed by atoms with Gasteiger partial charge in [-0.15, -0.1) is 0 Å². The van der Waals surface area contributed by atoms with Crippen molar-refractivity contribution >= 4 is 13.8 Å². The number of hydrogen-bond acceptors (Lipinski definition) is 3. The van der Waals surface area contributed by atoms with Crippen molar-refractivity contribution in [3.05, 3.63) is 29.8 Å². The Morgan fingerprint density at radius 1 is 1.13 bits per heavy atom. The lowest BCUT2D eigenvalue weighted by molar-refractivity contribution is 0.0693. The Labute approximate surface area is 84.5 Å². The smallest absolute Gasteiger partial charge is 0.466 e. The van der Waals surface area contributed by atoms with E-state index in [9.17, 15) is 4.79 Å². The van der Waals surface area contributed by atoms with Crippen LogP contribution in [0.25, 0.3) is 0 Å². The van der Waals surface area contributed by atoms with E-state index in [0.717, 1.165) is 0 Å². The highest BCUT2D eigenvalue weighted by atomic mass is 31.2. The topological polar surface area (TPSA) is 135 Å². The minimum Gasteiger partial charge on any atom is -0.507 e. The lowest BCUT2D eigenvalue weighted by Gasteiger charge is -1.95. The molecule has 7 nitrogen and oxygen atoms in total. The number of phosphoric acid groups is 1. The van der Waals surface area contributed by atoms with Gasteiger partial charge in [0, 0.05) is 0 Å². The third kappa shape index (κ3) is 7.65. The molecule has 0 spiro atoms. The molecule has 0 unspecified atom stereocenters. The second kappa shape index (κ2) is 5.47. The Morgan fingerprint density at radius 3 is 1.80 bits per heavy atom. The highest BCUT2D eigenvalue weighted by Gasteiger charge is 2.05. The molecule has 0 aliphatic heterocycles. The Bertz CT molecular complexity index is 374. The zero-order chi connectivity index (χ0) is 12.1. The number of carboxylic acid groups (broad SMARTS) is 1. The van der Waals surface area contributed by atoms with Crippen molar-refractivity contribution in [3.8, 4) is 5.75 Å². The molecular weight excluding hydrogens is 227 g/mol. The van der Waals surface area contributed by atoms with Crippen LogP contribution < -0.4 is 0 Å². The van der Waals surface area contributed by atoms with Gasteiger partial charge in [0.1, 0.15) is 11.3 Å². The molecule has 0 bridgehead atoms. The fraction of sp³-hybridized carbons (Fsp3) is 0. The third-order valence-corrected chi connectivity index (χ3v) is 1.13. The van der Waals surface area contributed by atoms with Gasteiger partial charge < -0.3 is 24.9 Å². The molecular formula is C7H9O7P. The number of para-hydroxylation sites is 1. The first kappa shape index (κ1) is 13.6. The number of rotatable bonds is 1. The van der Waals surface area contributed by atoms with Crippen molar-refractivity contribution in [3.63, 3.8) is 0 Å². The number of aromatic carboxylic acids is 1. The van der Waals surface area contributed by atoms with Gasteiger partial charge in [0.15, 0.2) is 0 Å². The van der Waals surface area contributed by atoms with Crippen LogP contribution >= 0.6 is 7.82 Å². The summed E-state index contributed by atoms with van der Waals surface area (Å²) in [4.78, 5) is 31.8. The highest BCUT2D eigenvalue weighted by Crippen LogP contribution is 2.25. The van der Waals surface area contributed by atoms with Crippen molar-refractivity contribution in [2.75, 3.05) is 0 Å². The molecule has 0 fully saturated rings. The first-order valence-corrected chi connectivity index (χ1v) is 5.08. The summed E-state index contributed by atoms with van der Waals surface area (Å²) in [5, 5.41) is 17.3. The summed E-state index contributed by atoms with van der Waals surface area (Å²) >= 11 is 0. The van der Waals surface area contributed by atoms with Crippen LogP contribution in [0.1, 0.15) is 10.4 Å². The van der Waals surface area contributed by atoms with Gasteiger partial charge in [-0.2, -0.15) is 0 Å². The predicted molar refractivity (Wildman–Crippen MR) is 49.3 cm³/mol. The maximum atomic E-state index is 10.3. The molecule has 0 heterocycles. The van der Waals surface area contributed by atoms with Crippen molar-refractivity contribution in [1.29, 1.82) is 0 Å². The van der Waals surface area contributed by atoms with Crippen LogP contribution in [-0.2, 0) is 4.57 Å². The molecule has 0 aliphatic rings. The van der Waals surface area contributed by atoms with Crippen LogP contribution in [0, 0.1) is 0 Å². The summed E-state index contributed by atoms with van der Waals surface area (Å²) in [5.41, 5.74) is -0.0671. The molecule has 5 N–H and O–H groups in total. The second-order valence-electron chi connectivity index (χ2n) is 2.34. The van der Waals surface area contributed by atoms with Gasteiger partial charge in [0.25, 0.3) is 0 Å². The van der Waals surface area contributed by atoms with E-state index in [4.69, 9.17) is 29.5 Å². The number of benzene rings is 1. The summed E-state index contributed by atoms with van der Waals surface area (Å²) < 4.78 is 8.88. The van der Waals surface area contributed by atoms with Gasteiger partial charge in [-0.3, -0.25) is 0 Å². The van der Waals surface area contributed by atoms with Gasteiger partial charge in [0.2, 0.25) is 0 Å². The minimum atomic E-state index is -4.64. The van der Waals surface area contributed by atoms with Crippen LogP contribution in [0.15, 0.2) is 24.3 Å². The highest BCUT2D eigenvalue weighted by molar-refractivity contribution is 7.45. The summed E-state index contributed by atoms with van der Waals surface area (Å²) in [6, 6.07) is 5.81. The second-order valence-corrected chi connectivity index (χ2v) is 3.36. The SMILES string of the molecule is O=C(O)c1ccccc1O.O=P(O)(O)O. The molecule has 0 aromatic heterocycles. The molecule has 0 saturated heterocycles. The van der Waals surface area contributed by atoms with Crippen LogP contribution in [0.2, 0.25) is 0 Å². The number of carboxylic acids is 1. The van der Waals surface area contributed by atoms with Crippen LogP contribution in [0.4, 0.5) is 0 Å². The first-order valence-electron chi connectivity index (χ1n) is 3.51. The van der Waals surface area contributed by atoms with Crippen molar-refractivity contribution in [2.24, 2.45) is 0 Å². The van der Waals surface area contributed by atoms with E-state index in [1.165, 1.54) is 12.1 Å². The quantitative estimate of drug-likeness (QED) is 0.438. The van der Waals surface area contributed by atoms with Gasteiger partial charge >= 0.3 is 13.8 Å². The fourth-order valence-electron chi connectivity index (χ4n) is 0.654. The van der Waals surface area contributed by atoms with E-state index in [0.29, 0.717) is 0 Å². The Kier molecular flexibility index (Phi) is 4.96. The number of carbonyl (C=O) groups is 1. The van der Waals surface area contributed by atoms with Crippen LogP contribution in [0.5, 0.6) is 5.75 Å². The Balaban J connectivity index is 0.000000336. The number of phenols is 1. The lowest BCUT2D eigenvalue weighted by atomic mass is 10.2.